The Hall–Kier alpha value is -1.36. The molecule has 1 saturated heterocycles. The van der Waals surface area contributed by atoms with Crippen molar-refractivity contribution in [3.63, 3.8) is 0 Å². The molecule has 2 heterocycles. The van der Waals surface area contributed by atoms with Gasteiger partial charge in [0.15, 0.2) is 0 Å². The van der Waals surface area contributed by atoms with E-state index >= 15 is 0 Å². The molecule has 3 rings (SSSR count). The smallest absolute Gasteiger partial charge is 0.223 e. The van der Waals surface area contributed by atoms with Gasteiger partial charge in [-0.05, 0) is 18.3 Å². The van der Waals surface area contributed by atoms with Crippen molar-refractivity contribution in [2.45, 2.75) is 51.6 Å². The Balaban J connectivity index is 1.65. The summed E-state index contributed by atoms with van der Waals surface area (Å²) in [7, 11) is 1.70. The first-order valence-corrected chi connectivity index (χ1v) is 7.98. The Kier molecular flexibility index (Phi) is 4.29. The normalized spacial score (nSPS) is 21.4. The quantitative estimate of drug-likeness (QED) is 0.835. The minimum absolute atomic E-state index is 0.271. The van der Waals surface area contributed by atoms with E-state index in [1.165, 1.54) is 32.1 Å². The van der Waals surface area contributed by atoms with Crippen LogP contribution < -0.4 is 0 Å². The second kappa shape index (κ2) is 6.18. The number of methoxy groups -OCH3 is 1. The van der Waals surface area contributed by atoms with E-state index in [9.17, 15) is 4.79 Å². The van der Waals surface area contributed by atoms with Gasteiger partial charge in [-0.1, -0.05) is 19.3 Å². The van der Waals surface area contributed by atoms with Crippen LogP contribution in [0.5, 0.6) is 0 Å². The zero-order valence-corrected chi connectivity index (χ0v) is 12.9. The van der Waals surface area contributed by atoms with Crippen molar-refractivity contribution in [2.24, 2.45) is 5.41 Å². The minimum atomic E-state index is 0.271. The van der Waals surface area contributed by atoms with Crippen LogP contribution >= 0.6 is 0 Å². The van der Waals surface area contributed by atoms with Crippen LogP contribution in [-0.2, 0) is 22.6 Å². The van der Waals surface area contributed by atoms with Crippen molar-refractivity contribution in [2.75, 3.05) is 20.3 Å². The Morgan fingerprint density at radius 3 is 2.90 bits per heavy atom. The van der Waals surface area contributed by atoms with Crippen molar-refractivity contribution >= 4 is 5.91 Å². The number of rotatable bonds is 5. The number of hydrogen-bond donors (Lipinski definition) is 0. The predicted molar refractivity (Wildman–Crippen MR) is 79.7 cm³/mol. The molecule has 21 heavy (non-hydrogen) atoms. The summed E-state index contributed by atoms with van der Waals surface area (Å²) in [6.07, 6.45) is 10.8. The zero-order chi connectivity index (χ0) is 14.7. The lowest BCUT2D eigenvalue weighted by molar-refractivity contribution is -0.128. The number of amides is 1. The molecule has 116 valence electrons. The summed E-state index contributed by atoms with van der Waals surface area (Å²) in [5, 5.41) is 0. The summed E-state index contributed by atoms with van der Waals surface area (Å²) in [5.41, 5.74) is 1.38. The zero-order valence-electron chi connectivity index (χ0n) is 12.9. The lowest BCUT2D eigenvalue weighted by atomic mass is 9.73. The van der Waals surface area contributed by atoms with Gasteiger partial charge in [-0.3, -0.25) is 4.79 Å². The van der Waals surface area contributed by atoms with Crippen molar-refractivity contribution in [1.29, 1.82) is 0 Å². The lowest BCUT2D eigenvalue weighted by Gasteiger charge is -2.32. The molecular formula is C16H25N3O2. The summed E-state index contributed by atoms with van der Waals surface area (Å²) in [4.78, 5) is 18.6. The molecule has 2 fully saturated rings. The Bertz CT molecular complexity index is 491. The van der Waals surface area contributed by atoms with E-state index in [-0.39, 0.29) is 5.41 Å². The van der Waals surface area contributed by atoms with Gasteiger partial charge in [-0.2, -0.15) is 0 Å². The molecule has 0 radical (unpaired) electrons. The van der Waals surface area contributed by atoms with E-state index in [1.54, 1.807) is 7.11 Å². The SMILES string of the molecule is COCCn1cncc1CN1CC2(CCCCC2)CC1=O. The third kappa shape index (κ3) is 3.12. The Labute approximate surface area is 126 Å². The summed E-state index contributed by atoms with van der Waals surface area (Å²) in [5.74, 6) is 0.316. The third-order valence-electron chi connectivity index (χ3n) is 5.01. The number of likely N-dealkylation sites (tertiary alicyclic amines) is 1. The molecule has 1 aliphatic carbocycles. The minimum Gasteiger partial charge on any atom is -0.383 e. The van der Waals surface area contributed by atoms with Crippen LogP contribution in [-0.4, -0.2) is 40.6 Å². The van der Waals surface area contributed by atoms with Gasteiger partial charge in [0, 0.05) is 32.8 Å². The molecular weight excluding hydrogens is 266 g/mol. The molecule has 0 N–H and O–H groups in total. The topological polar surface area (TPSA) is 47.4 Å². The number of hydrogen-bond acceptors (Lipinski definition) is 3. The molecule has 1 amide bonds. The highest BCUT2D eigenvalue weighted by atomic mass is 16.5. The predicted octanol–water partition coefficient (Wildman–Crippen LogP) is 2.21. The summed E-state index contributed by atoms with van der Waals surface area (Å²) < 4.78 is 7.21. The fourth-order valence-corrected chi connectivity index (χ4v) is 3.83. The maximum Gasteiger partial charge on any atom is 0.223 e. The van der Waals surface area contributed by atoms with E-state index in [1.807, 2.05) is 17.4 Å². The van der Waals surface area contributed by atoms with Crippen LogP contribution in [0, 0.1) is 5.41 Å². The molecule has 1 aliphatic heterocycles. The number of ether oxygens (including phenoxy) is 1. The standard InChI is InChI=1S/C16H25N3O2/c1-21-8-7-18-13-17-10-14(18)11-19-12-16(9-15(19)20)5-3-2-4-6-16/h10,13H,2-9,11-12H2,1H3. The molecule has 1 spiro atoms. The van der Waals surface area contributed by atoms with Crippen molar-refractivity contribution in [1.82, 2.24) is 14.5 Å². The average molecular weight is 291 g/mol. The summed E-state index contributed by atoms with van der Waals surface area (Å²) >= 11 is 0. The van der Waals surface area contributed by atoms with E-state index in [4.69, 9.17) is 4.74 Å². The highest BCUT2D eigenvalue weighted by molar-refractivity contribution is 5.79. The van der Waals surface area contributed by atoms with E-state index in [2.05, 4.69) is 9.55 Å². The van der Waals surface area contributed by atoms with E-state index in [0.717, 1.165) is 25.2 Å². The number of carbonyl (C=O) groups is 1. The Morgan fingerprint density at radius 2 is 2.14 bits per heavy atom. The molecule has 5 nitrogen and oxygen atoms in total. The molecule has 1 saturated carbocycles. The second-order valence-electron chi connectivity index (χ2n) is 6.56. The van der Waals surface area contributed by atoms with Crippen molar-refractivity contribution in [3.05, 3.63) is 18.2 Å². The van der Waals surface area contributed by atoms with Crippen LogP contribution in [0.3, 0.4) is 0 Å². The fourth-order valence-electron chi connectivity index (χ4n) is 3.83. The first-order chi connectivity index (χ1) is 10.2. The number of aromatic nitrogens is 2. The molecule has 0 bridgehead atoms. The van der Waals surface area contributed by atoms with Gasteiger partial charge in [0.2, 0.25) is 5.91 Å². The van der Waals surface area contributed by atoms with Gasteiger partial charge in [0.1, 0.15) is 0 Å². The highest BCUT2D eigenvalue weighted by Gasteiger charge is 2.43. The monoisotopic (exact) mass is 291 g/mol. The molecule has 2 aliphatic rings. The number of nitrogens with zero attached hydrogens (tertiary/aromatic N) is 3. The van der Waals surface area contributed by atoms with Crippen LogP contribution in [0.25, 0.3) is 0 Å². The van der Waals surface area contributed by atoms with Crippen LogP contribution in [0.2, 0.25) is 0 Å². The highest BCUT2D eigenvalue weighted by Crippen LogP contribution is 2.44. The molecule has 5 heteroatoms. The van der Waals surface area contributed by atoms with Gasteiger partial charge < -0.3 is 14.2 Å². The van der Waals surface area contributed by atoms with E-state index < -0.39 is 0 Å². The third-order valence-corrected chi connectivity index (χ3v) is 5.01. The lowest BCUT2D eigenvalue weighted by Crippen LogP contribution is -2.30. The molecule has 0 atom stereocenters. The van der Waals surface area contributed by atoms with Gasteiger partial charge >= 0.3 is 0 Å². The largest absolute Gasteiger partial charge is 0.383 e. The Morgan fingerprint density at radius 1 is 1.33 bits per heavy atom. The maximum absolute atomic E-state index is 12.4. The maximum atomic E-state index is 12.4. The number of carbonyl (C=O) groups excluding carboxylic acids is 1. The molecule has 1 aromatic heterocycles. The summed E-state index contributed by atoms with van der Waals surface area (Å²) in [6, 6.07) is 0. The van der Waals surface area contributed by atoms with Gasteiger partial charge in [-0.25, -0.2) is 4.98 Å². The van der Waals surface area contributed by atoms with Crippen LogP contribution in [0.1, 0.15) is 44.2 Å². The van der Waals surface area contributed by atoms with Crippen LogP contribution in [0.4, 0.5) is 0 Å². The first kappa shape index (κ1) is 14.6. The average Bonchev–Trinajstić information content (AvgIpc) is 3.03. The molecule has 0 aromatic carbocycles. The first-order valence-electron chi connectivity index (χ1n) is 7.98. The van der Waals surface area contributed by atoms with E-state index in [0.29, 0.717) is 19.1 Å². The van der Waals surface area contributed by atoms with Gasteiger partial charge in [0.25, 0.3) is 0 Å². The summed E-state index contributed by atoms with van der Waals surface area (Å²) in [6.45, 7) is 3.08. The van der Waals surface area contributed by atoms with Crippen LogP contribution in [0.15, 0.2) is 12.5 Å². The van der Waals surface area contributed by atoms with Crippen molar-refractivity contribution in [3.8, 4) is 0 Å². The molecule has 0 unspecified atom stereocenters. The number of imidazole rings is 1. The van der Waals surface area contributed by atoms with Gasteiger partial charge in [-0.15, -0.1) is 0 Å². The fraction of sp³-hybridized carbons (Fsp3) is 0.750. The van der Waals surface area contributed by atoms with Crippen molar-refractivity contribution < 1.29 is 9.53 Å². The molecule has 1 aromatic rings. The van der Waals surface area contributed by atoms with Gasteiger partial charge in [0.05, 0.1) is 25.2 Å². The second-order valence-corrected chi connectivity index (χ2v) is 6.56.